The second kappa shape index (κ2) is 25.2. The van der Waals surface area contributed by atoms with E-state index in [0.29, 0.717) is 18.4 Å². The van der Waals surface area contributed by atoms with Crippen LogP contribution in [0, 0.1) is 11.8 Å². The van der Waals surface area contributed by atoms with E-state index in [4.69, 9.17) is 0 Å². The van der Waals surface area contributed by atoms with Crippen LogP contribution in [0.1, 0.15) is 190 Å². The summed E-state index contributed by atoms with van der Waals surface area (Å²) in [5, 5.41) is 0. The zero-order valence-corrected chi connectivity index (χ0v) is 29.8. The molecule has 4 unspecified atom stereocenters. The van der Waals surface area contributed by atoms with Gasteiger partial charge in [-0.3, -0.25) is 9.79 Å². The highest BCUT2D eigenvalue weighted by Crippen LogP contribution is 2.57. The van der Waals surface area contributed by atoms with Crippen molar-refractivity contribution in [3.05, 3.63) is 12.2 Å². The van der Waals surface area contributed by atoms with Gasteiger partial charge in [0.05, 0.1) is 18.6 Å². The number of hydrogen-bond donors (Lipinski definition) is 2. The van der Waals surface area contributed by atoms with Crippen molar-refractivity contribution in [1.82, 2.24) is 0 Å². The van der Waals surface area contributed by atoms with Gasteiger partial charge in [0.2, 0.25) is 0 Å². The number of allylic oxidation sites excluding steroid dienone is 2. The molecule has 0 amide bonds. The molecule has 2 N–H and O–H groups in total. The van der Waals surface area contributed by atoms with Crippen molar-refractivity contribution in [2.24, 2.45) is 11.8 Å². The fourth-order valence-electron chi connectivity index (χ4n) is 7.28. The minimum atomic E-state index is -4.35. The van der Waals surface area contributed by atoms with Gasteiger partial charge in [0.1, 0.15) is 0 Å². The van der Waals surface area contributed by atoms with E-state index >= 15 is 0 Å². The molecule has 0 saturated heterocycles. The highest BCUT2D eigenvalue weighted by molar-refractivity contribution is 7.45. The average molecular weight is 601 g/mol. The Balaban J connectivity index is 4.41. The van der Waals surface area contributed by atoms with Crippen LogP contribution in [0.5, 0.6) is 0 Å². The number of hydrogen-bond acceptors (Lipinski definition) is 1. The Hall–Kier alpha value is -0.150. The van der Waals surface area contributed by atoms with Gasteiger partial charge in [0, 0.05) is 11.8 Å². The lowest BCUT2D eigenvalue weighted by Gasteiger charge is -2.52. The molecule has 0 aliphatic rings. The molecular formula is C36H75NO3P+. The zero-order valence-electron chi connectivity index (χ0n) is 28.9. The topological polar surface area (TPSA) is 57.5 Å². The minimum absolute atomic E-state index is 0.00981. The smallest absolute Gasteiger partial charge is 0.279 e. The molecule has 0 spiro atoms. The number of quaternary nitrogens is 1. The van der Waals surface area contributed by atoms with Crippen molar-refractivity contribution in [1.29, 1.82) is 0 Å². The molecule has 0 heterocycles. The van der Waals surface area contributed by atoms with E-state index < -0.39 is 7.75 Å². The monoisotopic (exact) mass is 601 g/mol. The van der Waals surface area contributed by atoms with Gasteiger partial charge in [0.25, 0.3) is 0 Å². The molecule has 5 heteroatoms. The maximum atomic E-state index is 13.4. The highest BCUT2D eigenvalue weighted by atomic mass is 31.2. The Morgan fingerprint density at radius 2 is 0.878 bits per heavy atom. The van der Waals surface area contributed by atoms with Crippen molar-refractivity contribution >= 4 is 7.75 Å². The first-order valence-corrected chi connectivity index (χ1v) is 19.8. The third-order valence-electron chi connectivity index (χ3n) is 10.1. The van der Waals surface area contributed by atoms with E-state index in [9.17, 15) is 14.4 Å². The van der Waals surface area contributed by atoms with Gasteiger partial charge in [0.15, 0.2) is 0 Å². The van der Waals surface area contributed by atoms with Gasteiger partial charge < -0.3 is 0 Å². The predicted octanol–water partition coefficient (Wildman–Crippen LogP) is 12.1. The summed E-state index contributed by atoms with van der Waals surface area (Å²) < 4.78 is 13.4. The van der Waals surface area contributed by atoms with Crippen molar-refractivity contribution < 1.29 is 18.6 Å². The van der Waals surface area contributed by atoms with Gasteiger partial charge >= 0.3 is 7.75 Å². The normalized spacial score (nSPS) is 17.0. The molecule has 4 atom stereocenters. The third-order valence-corrected chi connectivity index (χ3v) is 11.9. The van der Waals surface area contributed by atoms with Crippen LogP contribution in [-0.4, -0.2) is 32.7 Å². The highest BCUT2D eigenvalue weighted by Gasteiger charge is 2.57. The summed E-state index contributed by atoms with van der Waals surface area (Å²) in [7, 11) is -4.35. The van der Waals surface area contributed by atoms with Crippen molar-refractivity contribution in [2.75, 3.05) is 6.54 Å². The van der Waals surface area contributed by atoms with E-state index in [0.717, 1.165) is 38.5 Å². The number of rotatable bonds is 29. The van der Waals surface area contributed by atoms with Gasteiger partial charge in [-0.15, -0.1) is 0 Å². The van der Waals surface area contributed by atoms with Gasteiger partial charge in [-0.2, -0.15) is 0 Å². The number of nitrogens with zero attached hydrogens (tertiary/aromatic N) is 1. The first-order valence-electron chi connectivity index (χ1n) is 18.3. The van der Waals surface area contributed by atoms with Crippen LogP contribution >= 0.6 is 7.75 Å². The molecule has 0 aromatic carbocycles. The van der Waals surface area contributed by atoms with E-state index in [1.165, 1.54) is 103 Å². The van der Waals surface area contributed by atoms with Crippen molar-refractivity contribution in [3.8, 4) is 0 Å². The maximum Gasteiger partial charge on any atom is 0.526 e. The van der Waals surface area contributed by atoms with Crippen molar-refractivity contribution in [3.63, 3.8) is 0 Å². The molecule has 0 saturated carbocycles. The fraction of sp³-hybridized carbons (Fsp3) is 0.944. The Labute approximate surface area is 258 Å². The largest absolute Gasteiger partial charge is 0.526 e. The molecular weight excluding hydrogens is 525 g/mol. The first kappa shape index (κ1) is 40.9. The van der Waals surface area contributed by atoms with Crippen LogP contribution in [0.25, 0.3) is 0 Å². The molecule has 0 fully saturated rings. The minimum Gasteiger partial charge on any atom is -0.279 e. The lowest BCUT2D eigenvalue weighted by Crippen LogP contribution is -2.62. The van der Waals surface area contributed by atoms with Gasteiger partial charge in [-0.05, 0) is 64.2 Å². The van der Waals surface area contributed by atoms with Gasteiger partial charge in [-0.1, -0.05) is 138 Å². The van der Waals surface area contributed by atoms with E-state index in [-0.39, 0.29) is 16.3 Å². The second-order valence-electron chi connectivity index (χ2n) is 13.2. The summed E-state index contributed by atoms with van der Waals surface area (Å²) in [4.78, 5) is 21.9. The molecule has 0 aromatic heterocycles. The molecule has 0 radical (unpaired) electrons. The summed E-state index contributed by atoms with van der Waals surface area (Å²) in [5.41, 5.74) is 0. The Morgan fingerprint density at radius 3 is 1.20 bits per heavy atom. The van der Waals surface area contributed by atoms with E-state index in [1.54, 1.807) is 0 Å². The maximum absolute atomic E-state index is 13.4. The molecule has 0 bridgehead atoms. The van der Waals surface area contributed by atoms with Crippen LogP contribution in [0.2, 0.25) is 0 Å². The summed E-state index contributed by atoms with van der Waals surface area (Å²) in [6.07, 6.45) is 31.6. The van der Waals surface area contributed by atoms with Crippen LogP contribution in [0.3, 0.4) is 0 Å². The van der Waals surface area contributed by atoms with Gasteiger partial charge in [-0.25, -0.2) is 8.82 Å². The average Bonchev–Trinajstić information content (AvgIpc) is 2.95. The molecule has 0 aliphatic carbocycles. The number of unbranched alkanes of at least 4 members (excludes halogenated alkanes) is 16. The molecule has 41 heavy (non-hydrogen) atoms. The Bertz CT molecular complexity index is 643. The molecule has 0 aromatic rings. The van der Waals surface area contributed by atoms with Crippen LogP contribution in [0.15, 0.2) is 12.2 Å². The quantitative estimate of drug-likeness (QED) is 0.0510. The van der Waals surface area contributed by atoms with Crippen LogP contribution < -0.4 is 0 Å². The van der Waals surface area contributed by atoms with Crippen molar-refractivity contribution in [2.45, 2.75) is 202 Å². The molecule has 246 valence electrons. The zero-order chi connectivity index (χ0) is 31.0. The van der Waals surface area contributed by atoms with Crippen LogP contribution in [-0.2, 0) is 4.57 Å². The summed E-state index contributed by atoms with van der Waals surface area (Å²) in [5.74, 6) is 0.596. The fourth-order valence-corrected chi connectivity index (χ4v) is 9.23. The molecule has 0 aliphatic heterocycles. The van der Waals surface area contributed by atoms with E-state index in [2.05, 4.69) is 60.6 Å². The second-order valence-corrected chi connectivity index (χ2v) is 15.0. The van der Waals surface area contributed by atoms with E-state index in [1.807, 2.05) is 0 Å². The first-order chi connectivity index (χ1) is 19.7. The summed E-state index contributed by atoms with van der Waals surface area (Å²) >= 11 is 0. The standard InChI is InChI=1S/C36H74NO3P/c1-8-13-14-15-16-17-18-19-20-21-22-23-24-25-26-27-28-29-30-31-32-37(41(38,39)40,35(11-4)33(6)9-2)36(12-5)34(7)10-3/h19-20,33-36H,8-18,21-32H2,1-7H3,(H-,38,39,40)/p+1/b20-19-. The summed E-state index contributed by atoms with van der Waals surface area (Å²) in [6, 6.07) is 0.0196. The van der Waals surface area contributed by atoms with Crippen LogP contribution in [0.4, 0.5) is 0 Å². The summed E-state index contributed by atoms with van der Waals surface area (Å²) in [6.45, 7) is 15.9. The third kappa shape index (κ3) is 15.9. The predicted molar refractivity (Wildman–Crippen MR) is 182 cm³/mol. The molecule has 0 rings (SSSR count). The molecule has 4 nitrogen and oxygen atoms in total. The SMILES string of the molecule is CCCCCCCC/C=C\CCCCCCCCCCCC[N+](C(CC)C(C)CC)(C(CC)C(C)CC)P(=O)(O)O. The lowest BCUT2D eigenvalue weighted by atomic mass is 9.88. The lowest BCUT2D eigenvalue weighted by molar-refractivity contribution is -0.883. The Morgan fingerprint density at radius 1 is 0.537 bits per heavy atom. The Kier molecular flexibility index (Phi) is 25.1.